The minimum absolute atomic E-state index is 0.0259. The number of nitrogens with two attached hydrogens (primary N) is 2. The smallest absolute Gasteiger partial charge is 0.220 e. The van der Waals surface area contributed by atoms with E-state index < -0.39 is 0 Å². The summed E-state index contributed by atoms with van der Waals surface area (Å²) in [5.41, 5.74) is 14.4. The van der Waals surface area contributed by atoms with Crippen LogP contribution in [0.5, 0.6) is 0 Å². The standard InChI is InChI=1S/C13H19N3O/c1-9-2-3-12(11(14)8-9)16-6-4-10(5-7-16)13(15)17/h2-3,8,10H,4-7,14H2,1H3,(H2,15,17). The summed E-state index contributed by atoms with van der Waals surface area (Å²) in [6.07, 6.45) is 1.64. The summed E-state index contributed by atoms with van der Waals surface area (Å²) < 4.78 is 0. The summed E-state index contributed by atoms with van der Waals surface area (Å²) in [6.45, 7) is 3.72. The number of nitrogen functional groups attached to an aromatic ring is 1. The Hall–Kier alpha value is -1.71. The van der Waals surface area contributed by atoms with Gasteiger partial charge in [-0.1, -0.05) is 6.07 Å². The zero-order valence-electron chi connectivity index (χ0n) is 10.1. The number of hydrogen-bond donors (Lipinski definition) is 2. The first-order valence-electron chi connectivity index (χ1n) is 5.98. The summed E-state index contributed by atoms with van der Waals surface area (Å²) in [7, 11) is 0. The number of amides is 1. The Morgan fingerprint density at radius 3 is 2.53 bits per heavy atom. The molecule has 0 radical (unpaired) electrons. The average molecular weight is 233 g/mol. The molecule has 92 valence electrons. The first-order valence-corrected chi connectivity index (χ1v) is 5.98. The highest BCUT2D eigenvalue weighted by molar-refractivity contribution is 5.77. The summed E-state index contributed by atoms with van der Waals surface area (Å²) >= 11 is 0. The zero-order chi connectivity index (χ0) is 12.4. The SMILES string of the molecule is Cc1ccc(N2CCC(C(N)=O)CC2)c(N)c1. The van der Waals surface area contributed by atoms with Gasteiger partial charge >= 0.3 is 0 Å². The monoisotopic (exact) mass is 233 g/mol. The number of piperidine rings is 1. The molecule has 0 aromatic heterocycles. The molecule has 1 aromatic rings. The minimum Gasteiger partial charge on any atom is -0.397 e. The molecule has 4 N–H and O–H groups in total. The number of benzene rings is 1. The summed E-state index contributed by atoms with van der Waals surface area (Å²) in [5.74, 6) is -0.153. The van der Waals surface area contributed by atoms with E-state index in [0.29, 0.717) is 0 Å². The van der Waals surface area contributed by atoms with Gasteiger partial charge in [-0.3, -0.25) is 4.79 Å². The van der Waals surface area contributed by atoms with Crippen LogP contribution in [0.4, 0.5) is 11.4 Å². The van der Waals surface area contributed by atoms with E-state index in [0.717, 1.165) is 37.3 Å². The highest BCUT2D eigenvalue weighted by Crippen LogP contribution is 2.28. The molecule has 1 heterocycles. The predicted octanol–water partition coefficient (Wildman–Crippen LogP) is 1.28. The molecule has 0 atom stereocenters. The number of hydrogen-bond acceptors (Lipinski definition) is 3. The average Bonchev–Trinajstić information content (AvgIpc) is 2.29. The van der Waals surface area contributed by atoms with Crippen LogP contribution in [0, 0.1) is 12.8 Å². The number of carbonyl (C=O) groups is 1. The van der Waals surface area contributed by atoms with Gasteiger partial charge in [0.15, 0.2) is 0 Å². The fourth-order valence-corrected chi connectivity index (χ4v) is 2.37. The van der Waals surface area contributed by atoms with Crippen LogP contribution >= 0.6 is 0 Å². The fourth-order valence-electron chi connectivity index (χ4n) is 2.37. The topological polar surface area (TPSA) is 72.3 Å². The molecule has 0 bridgehead atoms. The number of anilines is 2. The molecule has 1 aliphatic rings. The highest BCUT2D eigenvalue weighted by atomic mass is 16.1. The molecule has 0 saturated carbocycles. The van der Waals surface area contributed by atoms with E-state index in [2.05, 4.69) is 17.0 Å². The van der Waals surface area contributed by atoms with Crippen molar-refractivity contribution in [2.24, 2.45) is 11.7 Å². The van der Waals surface area contributed by atoms with Gasteiger partial charge in [-0.15, -0.1) is 0 Å². The Kier molecular flexibility index (Phi) is 3.22. The van der Waals surface area contributed by atoms with Crippen molar-refractivity contribution in [1.82, 2.24) is 0 Å². The Morgan fingerprint density at radius 2 is 2.00 bits per heavy atom. The lowest BCUT2D eigenvalue weighted by atomic mass is 9.95. The summed E-state index contributed by atoms with van der Waals surface area (Å²) in [6, 6.07) is 6.09. The van der Waals surface area contributed by atoms with Crippen molar-refractivity contribution in [1.29, 1.82) is 0 Å². The van der Waals surface area contributed by atoms with Gasteiger partial charge in [-0.05, 0) is 37.5 Å². The van der Waals surface area contributed by atoms with E-state index >= 15 is 0 Å². The van der Waals surface area contributed by atoms with Gasteiger partial charge in [0, 0.05) is 19.0 Å². The maximum atomic E-state index is 11.1. The van der Waals surface area contributed by atoms with E-state index in [1.807, 2.05) is 13.0 Å². The summed E-state index contributed by atoms with van der Waals surface area (Å²) in [4.78, 5) is 13.3. The Morgan fingerprint density at radius 1 is 1.35 bits per heavy atom. The van der Waals surface area contributed by atoms with Crippen molar-refractivity contribution < 1.29 is 4.79 Å². The van der Waals surface area contributed by atoms with Gasteiger partial charge < -0.3 is 16.4 Å². The number of nitrogens with zero attached hydrogens (tertiary/aromatic N) is 1. The van der Waals surface area contributed by atoms with Crippen LogP contribution in [0.15, 0.2) is 18.2 Å². The van der Waals surface area contributed by atoms with Crippen LogP contribution in [0.2, 0.25) is 0 Å². The third-order valence-electron chi connectivity index (χ3n) is 3.42. The molecule has 0 aliphatic carbocycles. The number of primary amides is 1. The predicted molar refractivity (Wildman–Crippen MR) is 69.7 cm³/mol. The van der Waals surface area contributed by atoms with Crippen LogP contribution in [-0.2, 0) is 4.79 Å². The second kappa shape index (κ2) is 4.65. The quantitative estimate of drug-likeness (QED) is 0.756. The van der Waals surface area contributed by atoms with Crippen LogP contribution in [-0.4, -0.2) is 19.0 Å². The number of rotatable bonds is 2. The first kappa shape index (κ1) is 11.8. The van der Waals surface area contributed by atoms with E-state index in [1.165, 1.54) is 5.56 Å². The number of carbonyl (C=O) groups excluding carboxylic acids is 1. The Labute approximate surface area is 102 Å². The summed E-state index contributed by atoms with van der Waals surface area (Å²) in [5, 5.41) is 0. The fraction of sp³-hybridized carbons (Fsp3) is 0.462. The molecule has 1 aromatic carbocycles. The molecular weight excluding hydrogens is 214 g/mol. The maximum Gasteiger partial charge on any atom is 0.220 e. The van der Waals surface area contributed by atoms with Crippen molar-refractivity contribution >= 4 is 17.3 Å². The van der Waals surface area contributed by atoms with Crippen molar-refractivity contribution in [3.63, 3.8) is 0 Å². The third kappa shape index (κ3) is 2.52. The molecule has 4 heteroatoms. The molecule has 1 aliphatic heterocycles. The highest BCUT2D eigenvalue weighted by Gasteiger charge is 2.23. The largest absolute Gasteiger partial charge is 0.397 e. The maximum absolute atomic E-state index is 11.1. The van der Waals surface area contributed by atoms with Gasteiger partial charge in [0.2, 0.25) is 5.91 Å². The van der Waals surface area contributed by atoms with Gasteiger partial charge in [-0.25, -0.2) is 0 Å². The second-order valence-corrected chi connectivity index (χ2v) is 4.73. The van der Waals surface area contributed by atoms with Gasteiger partial charge in [0.25, 0.3) is 0 Å². The normalized spacial score (nSPS) is 17.1. The second-order valence-electron chi connectivity index (χ2n) is 4.73. The van der Waals surface area contributed by atoms with Crippen LogP contribution in [0.3, 0.4) is 0 Å². The minimum atomic E-state index is -0.179. The van der Waals surface area contributed by atoms with E-state index in [-0.39, 0.29) is 11.8 Å². The molecular formula is C13H19N3O. The lowest BCUT2D eigenvalue weighted by Crippen LogP contribution is -2.38. The van der Waals surface area contributed by atoms with Gasteiger partial charge in [0.05, 0.1) is 11.4 Å². The zero-order valence-corrected chi connectivity index (χ0v) is 10.1. The lowest BCUT2D eigenvalue weighted by Gasteiger charge is -2.33. The van der Waals surface area contributed by atoms with Crippen molar-refractivity contribution in [3.05, 3.63) is 23.8 Å². The molecule has 1 amide bonds. The number of aryl methyl sites for hydroxylation is 1. The Bertz CT molecular complexity index is 423. The van der Waals surface area contributed by atoms with Crippen LogP contribution < -0.4 is 16.4 Å². The molecule has 17 heavy (non-hydrogen) atoms. The van der Waals surface area contributed by atoms with E-state index in [4.69, 9.17) is 11.5 Å². The van der Waals surface area contributed by atoms with E-state index in [9.17, 15) is 4.79 Å². The third-order valence-corrected chi connectivity index (χ3v) is 3.42. The molecule has 1 saturated heterocycles. The molecule has 0 spiro atoms. The molecule has 0 unspecified atom stereocenters. The van der Waals surface area contributed by atoms with Crippen molar-refractivity contribution in [3.8, 4) is 0 Å². The van der Waals surface area contributed by atoms with Crippen LogP contribution in [0.1, 0.15) is 18.4 Å². The van der Waals surface area contributed by atoms with Crippen LogP contribution in [0.25, 0.3) is 0 Å². The Balaban J connectivity index is 2.08. The van der Waals surface area contributed by atoms with Gasteiger partial charge in [0.1, 0.15) is 0 Å². The molecule has 2 rings (SSSR count). The first-order chi connectivity index (χ1) is 8.08. The molecule has 4 nitrogen and oxygen atoms in total. The van der Waals surface area contributed by atoms with Gasteiger partial charge in [-0.2, -0.15) is 0 Å². The van der Waals surface area contributed by atoms with Crippen molar-refractivity contribution in [2.75, 3.05) is 23.7 Å². The van der Waals surface area contributed by atoms with E-state index in [1.54, 1.807) is 0 Å². The van der Waals surface area contributed by atoms with Crippen molar-refractivity contribution in [2.45, 2.75) is 19.8 Å². The molecule has 1 fully saturated rings. The lowest BCUT2D eigenvalue weighted by molar-refractivity contribution is -0.122.